The Kier molecular flexibility index (Phi) is 3.38. The highest BCUT2D eigenvalue weighted by molar-refractivity contribution is 7.80. The summed E-state index contributed by atoms with van der Waals surface area (Å²) in [4.78, 5) is 1.71. The molecule has 0 aliphatic carbocycles. The molecule has 24 heavy (non-hydrogen) atoms. The number of para-hydroxylation sites is 2. The van der Waals surface area contributed by atoms with Crippen LogP contribution in [0.2, 0.25) is 0 Å². The lowest BCUT2D eigenvalue weighted by atomic mass is 9.90. The van der Waals surface area contributed by atoms with Crippen LogP contribution in [-0.2, 0) is 0 Å². The van der Waals surface area contributed by atoms with Crippen LogP contribution in [0.4, 0.5) is 10.1 Å². The van der Waals surface area contributed by atoms with Crippen molar-refractivity contribution in [3.8, 4) is 11.5 Å². The molecule has 2 bridgehead atoms. The van der Waals surface area contributed by atoms with Gasteiger partial charge in [0.05, 0.1) is 18.8 Å². The Hall–Kier alpha value is -2.34. The second-order valence-corrected chi connectivity index (χ2v) is 6.54. The maximum Gasteiger partial charge on any atom is 0.188 e. The number of ether oxygens (including phenoxy) is 2. The molecule has 0 aromatic heterocycles. The van der Waals surface area contributed by atoms with Gasteiger partial charge >= 0.3 is 0 Å². The molecule has 2 aromatic carbocycles. The van der Waals surface area contributed by atoms with Crippen LogP contribution in [0.15, 0.2) is 42.5 Å². The minimum absolute atomic E-state index is 0.00405. The number of methoxy groups -OCH3 is 1. The third-order valence-corrected chi connectivity index (χ3v) is 4.88. The minimum atomic E-state index is -0.795. The van der Waals surface area contributed by atoms with Crippen LogP contribution in [0, 0.1) is 5.82 Å². The molecule has 1 saturated heterocycles. The van der Waals surface area contributed by atoms with Gasteiger partial charge in [-0.05, 0) is 37.3 Å². The van der Waals surface area contributed by atoms with Crippen LogP contribution in [0.25, 0.3) is 0 Å². The highest BCUT2D eigenvalue weighted by Gasteiger charge is 2.49. The molecule has 2 aromatic rings. The summed E-state index contributed by atoms with van der Waals surface area (Å²) in [6, 6.07) is 12.4. The Morgan fingerprint density at radius 3 is 2.83 bits per heavy atom. The fourth-order valence-corrected chi connectivity index (χ4v) is 3.95. The number of anilines is 1. The predicted molar refractivity (Wildman–Crippen MR) is 94.0 cm³/mol. The number of hydrogen-bond acceptors (Lipinski definition) is 3. The smallest absolute Gasteiger partial charge is 0.188 e. The second kappa shape index (κ2) is 5.34. The van der Waals surface area contributed by atoms with Crippen molar-refractivity contribution in [1.82, 2.24) is 5.32 Å². The summed E-state index contributed by atoms with van der Waals surface area (Å²) in [7, 11) is 1.61. The number of thiocarbonyl (C=S) groups is 1. The largest absolute Gasteiger partial charge is 0.493 e. The fourth-order valence-electron chi connectivity index (χ4n) is 3.52. The first-order chi connectivity index (χ1) is 11.5. The highest BCUT2D eigenvalue weighted by Crippen LogP contribution is 2.49. The first-order valence-electron chi connectivity index (χ1n) is 7.75. The van der Waals surface area contributed by atoms with E-state index in [-0.39, 0.29) is 11.9 Å². The van der Waals surface area contributed by atoms with E-state index in [1.54, 1.807) is 30.2 Å². The first-order valence-corrected chi connectivity index (χ1v) is 8.15. The van der Waals surface area contributed by atoms with Crippen LogP contribution in [-0.4, -0.2) is 17.9 Å². The topological polar surface area (TPSA) is 33.7 Å². The van der Waals surface area contributed by atoms with Gasteiger partial charge in [0.15, 0.2) is 22.3 Å². The molecule has 4 nitrogen and oxygen atoms in total. The second-order valence-electron chi connectivity index (χ2n) is 6.15. The Labute approximate surface area is 145 Å². The molecule has 2 aliphatic rings. The lowest BCUT2D eigenvalue weighted by molar-refractivity contribution is 0.0459. The third-order valence-electron chi connectivity index (χ3n) is 4.58. The van der Waals surface area contributed by atoms with Gasteiger partial charge in [0.25, 0.3) is 0 Å². The lowest BCUT2D eigenvalue weighted by Crippen LogP contribution is -2.65. The van der Waals surface area contributed by atoms with Crippen molar-refractivity contribution in [1.29, 1.82) is 0 Å². The average Bonchev–Trinajstić information content (AvgIpc) is 2.55. The van der Waals surface area contributed by atoms with Crippen LogP contribution in [0.3, 0.4) is 0 Å². The summed E-state index contributed by atoms with van der Waals surface area (Å²) in [5.74, 6) is 0.998. The molecule has 4 rings (SSSR count). The quantitative estimate of drug-likeness (QED) is 0.839. The van der Waals surface area contributed by atoms with Crippen molar-refractivity contribution in [3.63, 3.8) is 0 Å². The number of hydrogen-bond donors (Lipinski definition) is 1. The molecular formula is C18H17FN2O2S. The number of nitrogens with zero attached hydrogens (tertiary/aromatic N) is 1. The van der Waals surface area contributed by atoms with Gasteiger partial charge < -0.3 is 14.8 Å². The van der Waals surface area contributed by atoms with E-state index in [4.69, 9.17) is 21.7 Å². The molecule has 124 valence electrons. The summed E-state index contributed by atoms with van der Waals surface area (Å²) in [6.45, 7) is 1.93. The maximum atomic E-state index is 14.4. The number of benzene rings is 2. The fraction of sp³-hybridized carbons (Fsp3) is 0.278. The van der Waals surface area contributed by atoms with Gasteiger partial charge in [-0.3, -0.25) is 4.90 Å². The Balaban J connectivity index is 1.85. The molecule has 2 aliphatic heterocycles. The molecule has 2 heterocycles. The van der Waals surface area contributed by atoms with E-state index in [1.807, 2.05) is 25.1 Å². The Morgan fingerprint density at radius 1 is 1.29 bits per heavy atom. The molecule has 1 N–H and O–H groups in total. The molecule has 1 fully saturated rings. The van der Waals surface area contributed by atoms with Crippen LogP contribution < -0.4 is 19.7 Å². The molecule has 6 heteroatoms. The van der Waals surface area contributed by atoms with Gasteiger partial charge in [0.1, 0.15) is 5.82 Å². The summed E-state index contributed by atoms with van der Waals surface area (Å²) < 4.78 is 26.1. The van der Waals surface area contributed by atoms with Crippen molar-refractivity contribution in [3.05, 3.63) is 53.8 Å². The van der Waals surface area contributed by atoms with E-state index in [9.17, 15) is 4.39 Å². The van der Waals surface area contributed by atoms with Crippen molar-refractivity contribution in [2.75, 3.05) is 12.0 Å². The molecular weight excluding hydrogens is 327 g/mol. The number of nitrogens with one attached hydrogen (secondary N) is 1. The van der Waals surface area contributed by atoms with Gasteiger partial charge in [-0.1, -0.05) is 24.3 Å². The van der Waals surface area contributed by atoms with Gasteiger partial charge in [0.2, 0.25) is 0 Å². The maximum absolute atomic E-state index is 14.4. The van der Waals surface area contributed by atoms with E-state index >= 15 is 0 Å². The summed E-state index contributed by atoms with van der Waals surface area (Å²) >= 11 is 5.52. The van der Waals surface area contributed by atoms with E-state index in [0.29, 0.717) is 28.7 Å². The van der Waals surface area contributed by atoms with Gasteiger partial charge in [0, 0.05) is 12.0 Å². The number of halogens is 1. The monoisotopic (exact) mass is 344 g/mol. The van der Waals surface area contributed by atoms with Crippen molar-refractivity contribution >= 4 is 23.0 Å². The van der Waals surface area contributed by atoms with E-state index in [0.717, 1.165) is 5.56 Å². The molecule has 0 amide bonds. The standard InChI is InChI=1S/C18H17FN2O2S/c1-18-10-13(11-6-5-9-15(22-2)16(11)23-18)20-17(24)21(18)14-8-4-3-7-12(14)19/h3-9,13H,10H2,1-2H3,(H,20,24)/t13-,18+/m1/s1. The Morgan fingerprint density at radius 2 is 2.08 bits per heavy atom. The van der Waals surface area contributed by atoms with Gasteiger partial charge in [-0.15, -0.1) is 0 Å². The predicted octanol–water partition coefficient (Wildman–Crippen LogP) is 3.77. The number of rotatable bonds is 2. The first kappa shape index (κ1) is 15.2. The molecule has 2 atom stereocenters. The number of fused-ring (bicyclic) bond motifs is 4. The molecule has 0 saturated carbocycles. The van der Waals surface area contributed by atoms with E-state index in [1.165, 1.54) is 6.07 Å². The van der Waals surface area contributed by atoms with Crippen LogP contribution >= 0.6 is 12.2 Å². The average molecular weight is 344 g/mol. The zero-order valence-electron chi connectivity index (χ0n) is 13.4. The van der Waals surface area contributed by atoms with Crippen LogP contribution in [0.5, 0.6) is 11.5 Å². The van der Waals surface area contributed by atoms with Crippen molar-refractivity contribution in [2.45, 2.75) is 25.1 Å². The van der Waals surface area contributed by atoms with Crippen molar-refractivity contribution in [2.24, 2.45) is 0 Å². The minimum Gasteiger partial charge on any atom is -0.493 e. The zero-order chi connectivity index (χ0) is 16.9. The summed E-state index contributed by atoms with van der Waals surface area (Å²) in [6.07, 6.45) is 0.641. The molecule has 0 unspecified atom stereocenters. The zero-order valence-corrected chi connectivity index (χ0v) is 14.2. The van der Waals surface area contributed by atoms with Gasteiger partial charge in [-0.25, -0.2) is 4.39 Å². The lowest BCUT2D eigenvalue weighted by Gasteiger charge is -2.52. The highest BCUT2D eigenvalue weighted by atomic mass is 32.1. The summed E-state index contributed by atoms with van der Waals surface area (Å²) in [5.41, 5.74) is 0.605. The van der Waals surface area contributed by atoms with E-state index in [2.05, 4.69) is 5.32 Å². The SMILES string of the molecule is COc1cccc2c1O[C@@]1(C)C[C@H]2NC(=S)N1c1ccccc1F. The third kappa shape index (κ3) is 2.13. The Bertz CT molecular complexity index is 828. The van der Waals surface area contributed by atoms with Crippen molar-refractivity contribution < 1.29 is 13.9 Å². The van der Waals surface area contributed by atoms with Crippen LogP contribution in [0.1, 0.15) is 24.9 Å². The molecule has 0 radical (unpaired) electrons. The molecule has 0 spiro atoms. The normalized spacial score (nSPS) is 24.7. The van der Waals surface area contributed by atoms with Gasteiger partial charge in [-0.2, -0.15) is 0 Å². The summed E-state index contributed by atoms with van der Waals surface area (Å²) in [5, 5.41) is 3.76. The van der Waals surface area contributed by atoms with E-state index < -0.39 is 5.72 Å².